The van der Waals surface area contributed by atoms with Crippen molar-refractivity contribution < 1.29 is 21.6 Å². The number of halogens is 4. The van der Waals surface area contributed by atoms with E-state index < -0.39 is 21.8 Å². The molecule has 0 radical (unpaired) electrons. The van der Waals surface area contributed by atoms with Gasteiger partial charge in [0.15, 0.2) is 0 Å². The van der Waals surface area contributed by atoms with Gasteiger partial charge in [0.1, 0.15) is 0 Å². The van der Waals surface area contributed by atoms with E-state index in [-0.39, 0.29) is 24.4 Å². The van der Waals surface area contributed by atoms with Crippen LogP contribution >= 0.6 is 15.9 Å². The quantitative estimate of drug-likeness (QED) is 0.591. The molecular weight excluding hydrogens is 371 g/mol. The molecule has 2 rings (SSSR count). The molecule has 3 nitrogen and oxygen atoms in total. The first-order valence-electron chi connectivity index (χ1n) is 6.16. The van der Waals surface area contributed by atoms with Crippen molar-refractivity contribution in [3.63, 3.8) is 0 Å². The van der Waals surface area contributed by atoms with Gasteiger partial charge in [-0.2, -0.15) is 17.5 Å². The van der Waals surface area contributed by atoms with E-state index in [1.165, 1.54) is 12.1 Å². The van der Waals surface area contributed by atoms with E-state index in [0.717, 1.165) is 15.9 Å². The molecule has 0 saturated heterocycles. The SMILES string of the molecule is O=S(=O)(c1ccc(CBr)cc1)N1CC=C(C(F)(F)F)CC1. The molecule has 0 bridgehead atoms. The molecule has 0 spiro atoms. The molecule has 1 heterocycles. The molecule has 1 aromatic carbocycles. The van der Waals surface area contributed by atoms with Gasteiger partial charge in [0.25, 0.3) is 0 Å². The third-order valence-corrected chi connectivity index (χ3v) is 5.78. The largest absolute Gasteiger partial charge is 0.412 e. The summed E-state index contributed by atoms with van der Waals surface area (Å²) in [6.45, 7) is -0.411. The molecular formula is C13H13BrF3NO2S. The molecule has 0 fully saturated rings. The lowest BCUT2D eigenvalue weighted by Gasteiger charge is -2.26. The zero-order valence-corrected chi connectivity index (χ0v) is 13.3. The van der Waals surface area contributed by atoms with Crippen LogP contribution in [-0.4, -0.2) is 32.0 Å². The van der Waals surface area contributed by atoms with Crippen molar-refractivity contribution in [3.05, 3.63) is 41.5 Å². The summed E-state index contributed by atoms with van der Waals surface area (Å²) in [7, 11) is -3.75. The Morgan fingerprint density at radius 2 is 1.81 bits per heavy atom. The van der Waals surface area contributed by atoms with Crippen molar-refractivity contribution in [2.45, 2.75) is 22.8 Å². The summed E-state index contributed by atoms with van der Waals surface area (Å²) in [5.74, 6) is 0. The van der Waals surface area contributed by atoms with Crippen LogP contribution < -0.4 is 0 Å². The van der Waals surface area contributed by atoms with Gasteiger partial charge in [-0.25, -0.2) is 8.42 Å². The Balaban J connectivity index is 2.20. The van der Waals surface area contributed by atoms with Crippen molar-refractivity contribution in [2.24, 2.45) is 0 Å². The van der Waals surface area contributed by atoms with Gasteiger partial charge in [0, 0.05) is 24.0 Å². The highest BCUT2D eigenvalue weighted by atomic mass is 79.9. The Morgan fingerprint density at radius 3 is 2.24 bits per heavy atom. The van der Waals surface area contributed by atoms with Gasteiger partial charge < -0.3 is 0 Å². The minimum atomic E-state index is -4.38. The molecule has 0 aromatic heterocycles. The molecule has 8 heteroatoms. The fraction of sp³-hybridized carbons (Fsp3) is 0.385. The third-order valence-electron chi connectivity index (χ3n) is 3.25. The normalized spacial score (nSPS) is 17.6. The summed E-state index contributed by atoms with van der Waals surface area (Å²) in [5.41, 5.74) is 0.260. The number of sulfonamides is 1. The Morgan fingerprint density at radius 1 is 1.19 bits per heavy atom. The van der Waals surface area contributed by atoms with Gasteiger partial charge in [0.2, 0.25) is 10.0 Å². The van der Waals surface area contributed by atoms with Crippen LogP contribution in [0.4, 0.5) is 13.2 Å². The minimum absolute atomic E-state index is 0.0936. The van der Waals surface area contributed by atoms with Gasteiger partial charge in [-0.3, -0.25) is 0 Å². The van der Waals surface area contributed by atoms with Gasteiger partial charge in [-0.1, -0.05) is 34.1 Å². The first-order valence-corrected chi connectivity index (χ1v) is 8.72. The highest BCUT2D eigenvalue weighted by Crippen LogP contribution is 2.31. The Bertz CT molecular complexity index is 638. The van der Waals surface area contributed by atoms with E-state index in [0.29, 0.717) is 5.33 Å². The third kappa shape index (κ3) is 3.67. The lowest BCUT2D eigenvalue weighted by Crippen LogP contribution is -2.36. The molecule has 1 aromatic rings. The molecule has 0 aliphatic carbocycles. The number of alkyl halides is 4. The highest BCUT2D eigenvalue weighted by Gasteiger charge is 2.37. The van der Waals surface area contributed by atoms with Crippen molar-refractivity contribution in [2.75, 3.05) is 13.1 Å². The lowest BCUT2D eigenvalue weighted by molar-refractivity contribution is -0.0953. The summed E-state index contributed by atoms with van der Waals surface area (Å²) < 4.78 is 63.3. The van der Waals surface area contributed by atoms with E-state index in [9.17, 15) is 21.6 Å². The van der Waals surface area contributed by atoms with Crippen LogP contribution in [0.25, 0.3) is 0 Å². The molecule has 1 aliphatic rings. The van der Waals surface area contributed by atoms with Crippen LogP contribution in [0.15, 0.2) is 40.8 Å². The standard InChI is InChI=1S/C13H13BrF3NO2S/c14-9-10-1-3-12(4-2-10)21(19,20)18-7-5-11(6-8-18)13(15,16)17/h1-5H,6-9H2. The zero-order chi connectivity index (χ0) is 15.7. The summed E-state index contributed by atoms with van der Waals surface area (Å²) in [6, 6.07) is 6.27. The Kier molecular flexibility index (Phi) is 4.79. The fourth-order valence-electron chi connectivity index (χ4n) is 2.03. The molecule has 1 aliphatic heterocycles. The van der Waals surface area contributed by atoms with Crippen LogP contribution in [0.2, 0.25) is 0 Å². The molecule has 0 saturated carbocycles. The van der Waals surface area contributed by atoms with Gasteiger partial charge in [0.05, 0.1) is 4.90 Å². The van der Waals surface area contributed by atoms with Crippen molar-refractivity contribution in [3.8, 4) is 0 Å². The van der Waals surface area contributed by atoms with Gasteiger partial charge in [-0.15, -0.1) is 0 Å². The number of benzene rings is 1. The van der Waals surface area contributed by atoms with Crippen molar-refractivity contribution in [1.82, 2.24) is 4.31 Å². The second-order valence-corrected chi connectivity index (χ2v) is 7.12. The zero-order valence-electron chi connectivity index (χ0n) is 10.9. The predicted molar refractivity (Wildman–Crippen MR) is 76.6 cm³/mol. The first-order chi connectivity index (χ1) is 9.75. The lowest BCUT2D eigenvalue weighted by atomic mass is 10.1. The van der Waals surface area contributed by atoms with Gasteiger partial charge >= 0.3 is 6.18 Å². The number of hydrogen-bond acceptors (Lipinski definition) is 2. The number of nitrogens with zero attached hydrogens (tertiary/aromatic N) is 1. The van der Waals surface area contributed by atoms with E-state index in [2.05, 4.69) is 15.9 Å². The van der Waals surface area contributed by atoms with E-state index in [4.69, 9.17) is 0 Å². The molecule has 0 amide bonds. The van der Waals surface area contributed by atoms with Crippen molar-refractivity contribution >= 4 is 26.0 Å². The Labute approximate surface area is 129 Å². The second kappa shape index (κ2) is 6.10. The maximum atomic E-state index is 12.5. The van der Waals surface area contributed by atoms with E-state index in [1.54, 1.807) is 12.1 Å². The molecule has 0 atom stereocenters. The summed E-state index contributed by atoms with van der Waals surface area (Å²) in [5, 5.41) is 0.606. The van der Waals surface area contributed by atoms with Crippen LogP contribution in [0.5, 0.6) is 0 Å². The summed E-state index contributed by atoms with van der Waals surface area (Å²) in [4.78, 5) is 0.0936. The van der Waals surface area contributed by atoms with Crippen LogP contribution in [0.3, 0.4) is 0 Å². The van der Waals surface area contributed by atoms with E-state index in [1.807, 2.05) is 0 Å². The minimum Gasteiger partial charge on any atom is -0.207 e. The van der Waals surface area contributed by atoms with Crippen LogP contribution in [0, 0.1) is 0 Å². The predicted octanol–water partition coefficient (Wildman–Crippen LogP) is 3.46. The average Bonchev–Trinajstić information content (AvgIpc) is 2.46. The molecule has 0 unspecified atom stereocenters. The monoisotopic (exact) mass is 383 g/mol. The van der Waals surface area contributed by atoms with Crippen molar-refractivity contribution in [1.29, 1.82) is 0 Å². The van der Waals surface area contributed by atoms with Crippen LogP contribution in [0.1, 0.15) is 12.0 Å². The molecule has 21 heavy (non-hydrogen) atoms. The Hall–Kier alpha value is -0.860. The fourth-order valence-corrected chi connectivity index (χ4v) is 3.78. The first kappa shape index (κ1) is 16.5. The average molecular weight is 384 g/mol. The topological polar surface area (TPSA) is 37.4 Å². The number of hydrogen-bond donors (Lipinski definition) is 0. The number of rotatable bonds is 3. The molecule has 116 valence electrons. The highest BCUT2D eigenvalue weighted by molar-refractivity contribution is 9.08. The molecule has 0 N–H and O–H groups in total. The maximum absolute atomic E-state index is 12.5. The summed E-state index contributed by atoms with van der Waals surface area (Å²) in [6.07, 6.45) is -3.76. The van der Waals surface area contributed by atoms with Gasteiger partial charge in [-0.05, 0) is 24.1 Å². The van der Waals surface area contributed by atoms with Crippen LogP contribution in [-0.2, 0) is 15.4 Å². The maximum Gasteiger partial charge on any atom is 0.412 e. The summed E-state index contributed by atoms with van der Waals surface area (Å²) >= 11 is 3.26. The second-order valence-electron chi connectivity index (χ2n) is 4.62. The smallest absolute Gasteiger partial charge is 0.207 e. The van der Waals surface area contributed by atoms with E-state index >= 15 is 0 Å².